The molecule has 5 nitrogen and oxygen atoms in total. The Balaban J connectivity index is 1.59. The molecule has 0 aromatic heterocycles. The second-order valence-corrected chi connectivity index (χ2v) is 11.4. The normalized spacial score (nSPS) is 49.0. The highest BCUT2D eigenvalue weighted by Gasteiger charge is 2.65. The van der Waals surface area contributed by atoms with Crippen molar-refractivity contribution >= 4 is 11.8 Å². The molecule has 0 aliphatic heterocycles. The lowest BCUT2D eigenvalue weighted by Gasteiger charge is -2.61. The van der Waals surface area contributed by atoms with Crippen LogP contribution in [0.4, 0.5) is 0 Å². The Labute approximate surface area is 180 Å². The SMILES string of the molecule is COC(=O)CC[C@@H](C)[C@@H]1CC[C@H]2[C@H]3C(=O)C[C@@H]4C[C@H](O)CC[C@]4(C)[C@@H]3C[C@H](O)[C@@]21C. The first-order chi connectivity index (χ1) is 14.1. The Bertz CT molecular complexity index is 691. The summed E-state index contributed by atoms with van der Waals surface area (Å²) in [5.41, 5.74) is -0.210. The van der Waals surface area contributed by atoms with E-state index in [0.717, 1.165) is 38.5 Å². The van der Waals surface area contributed by atoms with E-state index in [0.29, 0.717) is 36.9 Å². The Morgan fingerprint density at radius 2 is 1.90 bits per heavy atom. The van der Waals surface area contributed by atoms with E-state index in [1.807, 2.05) is 0 Å². The predicted molar refractivity (Wildman–Crippen MR) is 113 cm³/mol. The van der Waals surface area contributed by atoms with Crippen molar-refractivity contribution in [3.63, 3.8) is 0 Å². The first-order valence-corrected chi connectivity index (χ1v) is 12.1. The summed E-state index contributed by atoms with van der Waals surface area (Å²) in [4.78, 5) is 25.1. The molecule has 2 N–H and O–H groups in total. The lowest BCUT2D eigenvalue weighted by molar-refractivity contribution is -0.182. The highest BCUT2D eigenvalue weighted by Crippen LogP contribution is 2.67. The van der Waals surface area contributed by atoms with Crippen LogP contribution in [0.25, 0.3) is 0 Å². The smallest absolute Gasteiger partial charge is 0.305 e. The van der Waals surface area contributed by atoms with E-state index in [1.165, 1.54) is 7.11 Å². The van der Waals surface area contributed by atoms with Crippen LogP contribution in [0.1, 0.15) is 78.6 Å². The summed E-state index contributed by atoms with van der Waals surface area (Å²) in [5, 5.41) is 21.7. The van der Waals surface area contributed by atoms with Crippen molar-refractivity contribution < 1.29 is 24.5 Å². The Hall–Kier alpha value is -0.940. The van der Waals surface area contributed by atoms with Crippen LogP contribution >= 0.6 is 0 Å². The zero-order valence-electron chi connectivity index (χ0n) is 19.1. The van der Waals surface area contributed by atoms with Crippen molar-refractivity contribution in [3.8, 4) is 0 Å². The fraction of sp³-hybridized carbons (Fsp3) is 0.920. The van der Waals surface area contributed by atoms with Crippen LogP contribution in [0.3, 0.4) is 0 Å². The maximum atomic E-state index is 13.4. The third kappa shape index (κ3) is 3.26. The van der Waals surface area contributed by atoms with Crippen LogP contribution in [0, 0.1) is 46.3 Å². The highest BCUT2D eigenvalue weighted by atomic mass is 16.5. The molecule has 0 heterocycles. The van der Waals surface area contributed by atoms with Gasteiger partial charge in [0.2, 0.25) is 0 Å². The first-order valence-electron chi connectivity index (χ1n) is 12.1. The van der Waals surface area contributed by atoms with E-state index < -0.39 is 6.10 Å². The van der Waals surface area contributed by atoms with Gasteiger partial charge in [-0.2, -0.15) is 0 Å². The molecule has 4 saturated carbocycles. The summed E-state index contributed by atoms with van der Waals surface area (Å²) in [6, 6.07) is 0. The number of aliphatic hydroxyl groups is 2. The molecule has 4 aliphatic rings. The van der Waals surface area contributed by atoms with Crippen molar-refractivity contribution in [1.82, 2.24) is 0 Å². The molecule has 170 valence electrons. The molecule has 0 amide bonds. The summed E-state index contributed by atoms with van der Waals surface area (Å²) < 4.78 is 4.82. The average molecular weight is 421 g/mol. The second-order valence-electron chi connectivity index (χ2n) is 11.4. The average Bonchev–Trinajstić information content (AvgIpc) is 3.06. The molecule has 0 unspecified atom stereocenters. The lowest BCUT2D eigenvalue weighted by Crippen LogP contribution is -2.61. The van der Waals surface area contributed by atoms with Crippen molar-refractivity contribution in [2.45, 2.75) is 90.8 Å². The molecular formula is C25H40O5. The van der Waals surface area contributed by atoms with E-state index in [9.17, 15) is 19.8 Å². The minimum Gasteiger partial charge on any atom is -0.469 e. The van der Waals surface area contributed by atoms with E-state index in [4.69, 9.17) is 4.74 Å². The zero-order chi connectivity index (χ0) is 21.8. The predicted octanol–water partition coefficient (Wildman–Crippen LogP) is 3.75. The fourth-order valence-electron chi connectivity index (χ4n) is 8.49. The van der Waals surface area contributed by atoms with Gasteiger partial charge >= 0.3 is 5.97 Å². The molecule has 5 heteroatoms. The second kappa shape index (κ2) is 7.88. The molecule has 30 heavy (non-hydrogen) atoms. The molecule has 4 fully saturated rings. The van der Waals surface area contributed by atoms with Crippen LogP contribution in [0.2, 0.25) is 0 Å². The molecular weight excluding hydrogens is 380 g/mol. The fourth-order valence-corrected chi connectivity index (χ4v) is 8.49. The standard InChI is InChI=1S/C25H40O5/c1-14(5-8-22(29)30-4)17-6-7-18-23-19(13-21(28)25(17,18)3)24(2)10-9-16(26)11-15(24)12-20(23)27/h14-19,21,23,26,28H,5-13H2,1-4H3/t14-,15+,16-,17+,18+,19-,21+,23-,24+,25-/m1/s1. The van der Waals surface area contributed by atoms with Crippen LogP contribution in [0.15, 0.2) is 0 Å². The van der Waals surface area contributed by atoms with Crippen LogP contribution in [0.5, 0.6) is 0 Å². The number of hydrogen-bond acceptors (Lipinski definition) is 5. The summed E-state index contributed by atoms with van der Waals surface area (Å²) in [6.45, 7) is 6.74. The zero-order valence-corrected chi connectivity index (χ0v) is 19.1. The van der Waals surface area contributed by atoms with Gasteiger partial charge in [-0.05, 0) is 80.0 Å². The minimum absolute atomic E-state index is 0.0488. The van der Waals surface area contributed by atoms with Gasteiger partial charge < -0.3 is 14.9 Å². The summed E-state index contributed by atoms with van der Waals surface area (Å²) >= 11 is 0. The molecule has 0 spiro atoms. The minimum atomic E-state index is -0.410. The van der Waals surface area contributed by atoms with Gasteiger partial charge in [-0.1, -0.05) is 20.8 Å². The van der Waals surface area contributed by atoms with Crippen molar-refractivity contribution in [2.24, 2.45) is 46.3 Å². The number of aliphatic hydroxyl groups excluding tert-OH is 2. The van der Waals surface area contributed by atoms with Gasteiger partial charge in [-0.3, -0.25) is 9.59 Å². The van der Waals surface area contributed by atoms with Crippen molar-refractivity contribution in [3.05, 3.63) is 0 Å². The number of ketones is 1. The van der Waals surface area contributed by atoms with E-state index in [2.05, 4.69) is 20.8 Å². The Morgan fingerprint density at radius 3 is 2.60 bits per heavy atom. The molecule has 4 rings (SSSR count). The van der Waals surface area contributed by atoms with Gasteiger partial charge in [-0.15, -0.1) is 0 Å². The van der Waals surface area contributed by atoms with Gasteiger partial charge in [-0.25, -0.2) is 0 Å². The summed E-state index contributed by atoms with van der Waals surface area (Å²) in [5.74, 6) is 1.61. The number of fused-ring (bicyclic) bond motifs is 5. The first kappa shape index (κ1) is 22.3. The number of esters is 1. The number of Topliss-reactive ketones (excluding diaryl/α,β-unsaturated/α-hetero) is 1. The largest absolute Gasteiger partial charge is 0.469 e. The molecule has 0 aromatic rings. The van der Waals surface area contributed by atoms with Gasteiger partial charge in [0.05, 0.1) is 19.3 Å². The van der Waals surface area contributed by atoms with E-state index >= 15 is 0 Å². The van der Waals surface area contributed by atoms with Crippen molar-refractivity contribution in [1.29, 1.82) is 0 Å². The van der Waals surface area contributed by atoms with Gasteiger partial charge in [0.25, 0.3) is 0 Å². The maximum absolute atomic E-state index is 13.4. The van der Waals surface area contributed by atoms with Crippen LogP contribution in [-0.4, -0.2) is 41.3 Å². The molecule has 0 bridgehead atoms. The summed E-state index contributed by atoms with van der Waals surface area (Å²) in [6.07, 6.45) is 6.32. The topological polar surface area (TPSA) is 83.8 Å². The maximum Gasteiger partial charge on any atom is 0.305 e. The molecule has 4 aliphatic carbocycles. The number of ether oxygens (including phenoxy) is 1. The third-order valence-corrected chi connectivity index (χ3v) is 10.3. The number of carbonyl (C=O) groups is 2. The number of methoxy groups -OCH3 is 1. The third-order valence-electron chi connectivity index (χ3n) is 10.3. The quantitative estimate of drug-likeness (QED) is 0.677. The number of rotatable bonds is 4. The Kier molecular flexibility index (Phi) is 5.85. The Morgan fingerprint density at radius 1 is 1.17 bits per heavy atom. The lowest BCUT2D eigenvalue weighted by atomic mass is 9.43. The van der Waals surface area contributed by atoms with Crippen LogP contribution < -0.4 is 0 Å². The highest BCUT2D eigenvalue weighted by molar-refractivity contribution is 5.83. The van der Waals surface area contributed by atoms with Gasteiger partial charge in [0.15, 0.2) is 0 Å². The molecule has 10 atom stereocenters. The molecule has 0 saturated heterocycles. The van der Waals surface area contributed by atoms with Gasteiger partial charge in [0, 0.05) is 24.2 Å². The van der Waals surface area contributed by atoms with Gasteiger partial charge in [0.1, 0.15) is 5.78 Å². The number of hydrogen-bond donors (Lipinski definition) is 2. The molecule has 0 aromatic carbocycles. The van der Waals surface area contributed by atoms with E-state index in [-0.39, 0.29) is 46.6 Å². The molecule has 0 radical (unpaired) electrons. The monoisotopic (exact) mass is 420 g/mol. The number of carbonyl (C=O) groups excluding carboxylic acids is 2. The van der Waals surface area contributed by atoms with Crippen LogP contribution in [-0.2, 0) is 14.3 Å². The van der Waals surface area contributed by atoms with Crippen molar-refractivity contribution in [2.75, 3.05) is 7.11 Å². The summed E-state index contributed by atoms with van der Waals surface area (Å²) in [7, 11) is 1.43. The van der Waals surface area contributed by atoms with E-state index in [1.54, 1.807) is 0 Å².